The Hall–Kier alpha value is -2.60. The molecule has 6 heteroatoms. The van der Waals surface area contributed by atoms with Crippen LogP contribution in [0.1, 0.15) is 30.9 Å². The average Bonchev–Trinajstić information content (AvgIpc) is 2.58. The zero-order chi connectivity index (χ0) is 17.5. The molecule has 128 valence electrons. The van der Waals surface area contributed by atoms with Crippen LogP contribution >= 0.6 is 0 Å². The fraction of sp³-hybridized carbons (Fsp3) is 0.333. The van der Waals surface area contributed by atoms with Crippen molar-refractivity contribution in [1.82, 2.24) is 0 Å². The summed E-state index contributed by atoms with van der Waals surface area (Å²) in [6, 6.07) is 12.7. The van der Waals surface area contributed by atoms with E-state index in [2.05, 4.69) is 5.32 Å². The molecule has 2 aromatic rings. The molecule has 0 atom stereocenters. The number of aliphatic hydroxyl groups is 1. The van der Waals surface area contributed by atoms with E-state index in [-0.39, 0.29) is 29.7 Å². The minimum atomic E-state index is -0.327. The number of benzene rings is 2. The molecule has 0 unspecified atom stereocenters. The molecule has 0 aliphatic carbocycles. The second kappa shape index (κ2) is 8.31. The van der Waals surface area contributed by atoms with Gasteiger partial charge in [0.2, 0.25) is 0 Å². The maximum absolute atomic E-state index is 11.2. The molecule has 2 aromatic carbocycles. The first-order chi connectivity index (χ1) is 11.5. The number of hydrogen-bond donors (Lipinski definition) is 2. The topological polar surface area (TPSA) is 84.6 Å². The molecule has 0 amide bonds. The van der Waals surface area contributed by atoms with E-state index in [0.29, 0.717) is 12.3 Å². The largest absolute Gasteiger partial charge is 0.491 e. The van der Waals surface area contributed by atoms with Gasteiger partial charge in [-0.05, 0) is 35.7 Å². The molecule has 0 aliphatic rings. The van der Waals surface area contributed by atoms with Crippen molar-refractivity contribution in [3.63, 3.8) is 0 Å². The Morgan fingerprint density at radius 2 is 1.92 bits per heavy atom. The van der Waals surface area contributed by atoms with Crippen molar-refractivity contribution in [2.75, 3.05) is 18.5 Å². The predicted octanol–water partition coefficient (Wildman–Crippen LogP) is 3.70. The molecule has 0 saturated heterocycles. The Balaban J connectivity index is 2.03. The van der Waals surface area contributed by atoms with E-state index >= 15 is 0 Å². The van der Waals surface area contributed by atoms with Crippen LogP contribution in [0.2, 0.25) is 0 Å². The first kappa shape index (κ1) is 17.7. The minimum absolute atomic E-state index is 0.0227. The maximum Gasteiger partial charge on any atom is 0.273 e. The summed E-state index contributed by atoms with van der Waals surface area (Å²) in [5.74, 6) is 0.797. The Morgan fingerprint density at radius 3 is 2.50 bits per heavy atom. The highest BCUT2D eigenvalue weighted by Crippen LogP contribution is 2.27. The van der Waals surface area contributed by atoms with Crippen molar-refractivity contribution in [2.45, 2.75) is 26.3 Å². The normalized spacial score (nSPS) is 10.7. The maximum atomic E-state index is 11.2. The van der Waals surface area contributed by atoms with Crippen molar-refractivity contribution in [1.29, 1.82) is 0 Å². The lowest BCUT2D eigenvalue weighted by molar-refractivity contribution is -0.385. The summed E-state index contributed by atoms with van der Waals surface area (Å²) in [7, 11) is 0. The van der Waals surface area contributed by atoms with Crippen molar-refractivity contribution in [2.24, 2.45) is 0 Å². The summed E-state index contributed by atoms with van der Waals surface area (Å²) in [4.78, 5) is 10.9. The SMILES string of the molecule is CC(C)c1ccc(CNc2ccc(OCCO)cc2)cc1[N+](=O)[O-]. The molecule has 0 aromatic heterocycles. The number of rotatable bonds is 8. The van der Waals surface area contributed by atoms with E-state index < -0.39 is 0 Å². The number of nitrogens with zero attached hydrogens (tertiary/aromatic N) is 1. The molecule has 6 nitrogen and oxygen atoms in total. The second-order valence-electron chi connectivity index (χ2n) is 5.75. The van der Waals surface area contributed by atoms with Crippen LogP contribution in [0, 0.1) is 10.1 Å². The first-order valence-electron chi connectivity index (χ1n) is 7.86. The molecular weight excluding hydrogens is 308 g/mol. The van der Waals surface area contributed by atoms with Gasteiger partial charge in [0.25, 0.3) is 5.69 Å². The smallest absolute Gasteiger partial charge is 0.273 e. The van der Waals surface area contributed by atoms with Gasteiger partial charge in [0, 0.05) is 23.9 Å². The first-order valence-corrected chi connectivity index (χ1v) is 7.86. The van der Waals surface area contributed by atoms with Crippen LogP contribution in [0.25, 0.3) is 0 Å². The number of ether oxygens (including phenoxy) is 1. The lowest BCUT2D eigenvalue weighted by Crippen LogP contribution is -2.03. The summed E-state index contributed by atoms with van der Waals surface area (Å²) in [5.41, 5.74) is 2.65. The van der Waals surface area contributed by atoms with E-state index in [1.807, 2.05) is 50.2 Å². The number of nitro groups is 1. The Morgan fingerprint density at radius 1 is 1.21 bits per heavy atom. The van der Waals surface area contributed by atoms with Gasteiger partial charge in [0.1, 0.15) is 12.4 Å². The predicted molar refractivity (Wildman–Crippen MR) is 93.5 cm³/mol. The van der Waals surface area contributed by atoms with E-state index in [4.69, 9.17) is 9.84 Å². The van der Waals surface area contributed by atoms with E-state index in [9.17, 15) is 10.1 Å². The van der Waals surface area contributed by atoms with Gasteiger partial charge in [0.05, 0.1) is 11.5 Å². The van der Waals surface area contributed by atoms with Crippen LogP contribution in [0.4, 0.5) is 11.4 Å². The summed E-state index contributed by atoms with van der Waals surface area (Å²) < 4.78 is 5.30. The molecule has 0 heterocycles. The average molecular weight is 330 g/mol. The van der Waals surface area contributed by atoms with E-state index in [0.717, 1.165) is 16.8 Å². The van der Waals surface area contributed by atoms with Crippen LogP contribution in [-0.4, -0.2) is 23.2 Å². The minimum Gasteiger partial charge on any atom is -0.491 e. The van der Waals surface area contributed by atoms with Crippen molar-refractivity contribution in [3.8, 4) is 5.75 Å². The Labute approximate surface area is 141 Å². The molecule has 2 rings (SSSR count). The molecule has 0 saturated carbocycles. The zero-order valence-corrected chi connectivity index (χ0v) is 13.9. The van der Waals surface area contributed by atoms with E-state index in [1.165, 1.54) is 0 Å². The standard InChI is InChI=1S/C18H22N2O4/c1-13(2)17-8-3-14(11-18(17)20(22)23)12-19-15-4-6-16(7-5-15)24-10-9-21/h3-8,11,13,19,21H,9-10,12H2,1-2H3. The zero-order valence-electron chi connectivity index (χ0n) is 13.9. The van der Waals surface area contributed by atoms with Gasteiger partial charge in [-0.15, -0.1) is 0 Å². The Bertz CT molecular complexity index is 684. The fourth-order valence-electron chi connectivity index (χ4n) is 2.38. The van der Waals surface area contributed by atoms with Crippen LogP contribution in [-0.2, 0) is 6.54 Å². The summed E-state index contributed by atoms with van der Waals surface area (Å²) in [6.45, 7) is 4.63. The lowest BCUT2D eigenvalue weighted by atomic mass is 9.99. The molecule has 24 heavy (non-hydrogen) atoms. The van der Waals surface area contributed by atoms with Gasteiger partial charge < -0.3 is 15.2 Å². The number of nitrogens with one attached hydrogen (secondary N) is 1. The van der Waals surface area contributed by atoms with Crippen molar-refractivity contribution < 1.29 is 14.8 Å². The van der Waals surface area contributed by atoms with Gasteiger partial charge in [-0.25, -0.2) is 0 Å². The monoisotopic (exact) mass is 330 g/mol. The third-order valence-electron chi connectivity index (χ3n) is 3.62. The number of anilines is 1. The molecule has 2 N–H and O–H groups in total. The van der Waals surface area contributed by atoms with E-state index in [1.54, 1.807) is 6.07 Å². The van der Waals surface area contributed by atoms with Crippen LogP contribution in [0.3, 0.4) is 0 Å². The highest BCUT2D eigenvalue weighted by atomic mass is 16.6. The third-order valence-corrected chi connectivity index (χ3v) is 3.62. The highest BCUT2D eigenvalue weighted by molar-refractivity contribution is 5.49. The second-order valence-corrected chi connectivity index (χ2v) is 5.75. The summed E-state index contributed by atoms with van der Waals surface area (Å²) in [5, 5.41) is 23.2. The van der Waals surface area contributed by atoms with Gasteiger partial charge in [-0.2, -0.15) is 0 Å². The van der Waals surface area contributed by atoms with Crippen molar-refractivity contribution >= 4 is 11.4 Å². The molecule has 0 aliphatic heterocycles. The number of hydrogen-bond acceptors (Lipinski definition) is 5. The van der Waals surface area contributed by atoms with Crippen LogP contribution in [0.15, 0.2) is 42.5 Å². The highest BCUT2D eigenvalue weighted by Gasteiger charge is 2.16. The van der Waals surface area contributed by atoms with Gasteiger partial charge in [-0.3, -0.25) is 10.1 Å². The summed E-state index contributed by atoms with van der Waals surface area (Å²) in [6.07, 6.45) is 0. The molecular formula is C18H22N2O4. The van der Waals surface area contributed by atoms with Crippen LogP contribution < -0.4 is 10.1 Å². The Kier molecular flexibility index (Phi) is 6.14. The molecule has 0 radical (unpaired) electrons. The van der Waals surface area contributed by atoms with Gasteiger partial charge >= 0.3 is 0 Å². The summed E-state index contributed by atoms with van der Waals surface area (Å²) >= 11 is 0. The number of aliphatic hydroxyl groups excluding tert-OH is 1. The van der Waals surface area contributed by atoms with Crippen molar-refractivity contribution in [3.05, 3.63) is 63.7 Å². The number of nitro benzene ring substituents is 1. The molecule has 0 fully saturated rings. The molecule has 0 bridgehead atoms. The van der Waals surface area contributed by atoms with Crippen LogP contribution in [0.5, 0.6) is 5.75 Å². The van der Waals surface area contributed by atoms with Gasteiger partial charge in [0.15, 0.2) is 0 Å². The quantitative estimate of drug-likeness (QED) is 0.569. The third kappa shape index (κ3) is 4.70. The fourth-order valence-corrected chi connectivity index (χ4v) is 2.38. The molecule has 0 spiro atoms. The lowest BCUT2D eigenvalue weighted by Gasteiger charge is -2.11. The van der Waals surface area contributed by atoms with Gasteiger partial charge in [-0.1, -0.05) is 26.0 Å².